The lowest BCUT2D eigenvalue weighted by Gasteiger charge is -2.19. The first-order chi connectivity index (χ1) is 9.33. The van der Waals surface area contributed by atoms with Gasteiger partial charge in [-0.2, -0.15) is 0 Å². The Bertz CT molecular complexity index is 710. The molecule has 7 nitrogen and oxygen atoms in total. The minimum absolute atomic E-state index is 0.436. The van der Waals surface area contributed by atoms with Gasteiger partial charge in [0.2, 0.25) is 0 Å². The second-order valence-electron chi connectivity index (χ2n) is 5.00. The van der Waals surface area contributed by atoms with Gasteiger partial charge in [-0.3, -0.25) is 10.1 Å². The van der Waals surface area contributed by atoms with Gasteiger partial charge in [0.15, 0.2) is 5.82 Å². The molecule has 0 fully saturated rings. The Morgan fingerprint density at radius 3 is 2.29 bits per heavy atom. The Morgan fingerprint density at radius 1 is 1.38 bits per heavy atom. The molecule has 116 valence electrons. The molecule has 0 spiro atoms. The van der Waals surface area contributed by atoms with Gasteiger partial charge >= 0.3 is 5.97 Å². The molecule has 0 unspecified atom stereocenters. The van der Waals surface area contributed by atoms with Gasteiger partial charge in [0.05, 0.1) is 4.92 Å². The van der Waals surface area contributed by atoms with Crippen LogP contribution in [0.15, 0.2) is 17.0 Å². The fourth-order valence-corrected chi connectivity index (χ4v) is 2.27. The van der Waals surface area contributed by atoms with Gasteiger partial charge in [-0.05, 0) is 20.8 Å². The van der Waals surface area contributed by atoms with E-state index in [-0.39, 0.29) is 0 Å². The van der Waals surface area contributed by atoms with Crippen LogP contribution in [0.3, 0.4) is 0 Å². The lowest BCUT2D eigenvalue weighted by molar-refractivity contribution is -0.385. The Kier molecular flexibility index (Phi) is 4.59. The van der Waals surface area contributed by atoms with Crippen LogP contribution in [0.5, 0.6) is 0 Å². The Balaban J connectivity index is 3.55. The first-order valence-corrected chi connectivity index (χ1v) is 7.80. The maximum atomic E-state index is 14.1. The fourth-order valence-electron chi connectivity index (χ4n) is 1.35. The first kappa shape index (κ1) is 17.3. The largest absolute Gasteiger partial charge is 0.456 e. The van der Waals surface area contributed by atoms with Crippen molar-refractivity contribution in [3.05, 3.63) is 33.6 Å². The van der Waals surface area contributed by atoms with Crippen molar-refractivity contribution < 1.29 is 27.3 Å². The zero-order valence-electron chi connectivity index (χ0n) is 11.2. The van der Waals surface area contributed by atoms with Crippen LogP contribution >= 0.6 is 10.7 Å². The van der Waals surface area contributed by atoms with E-state index in [0.717, 1.165) is 0 Å². The van der Waals surface area contributed by atoms with Crippen LogP contribution in [-0.2, 0) is 13.8 Å². The molecule has 10 heteroatoms. The summed E-state index contributed by atoms with van der Waals surface area (Å²) in [4.78, 5) is 20.4. The van der Waals surface area contributed by atoms with Crippen LogP contribution in [0, 0.1) is 15.9 Å². The van der Waals surface area contributed by atoms with Crippen molar-refractivity contribution in [2.24, 2.45) is 0 Å². The molecule has 0 N–H and O–H groups in total. The second kappa shape index (κ2) is 5.57. The summed E-state index contributed by atoms with van der Waals surface area (Å²) < 4.78 is 41.4. The molecule has 0 amide bonds. The quantitative estimate of drug-likeness (QED) is 0.363. The highest BCUT2D eigenvalue weighted by Gasteiger charge is 2.29. The summed E-state index contributed by atoms with van der Waals surface area (Å²) in [5, 5.41) is 10.7. The number of ether oxygens (including phenoxy) is 1. The van der Waals surface area contributed by atoms with E-state index in [0.29, 0.717) is 12.1 Å². The number of nitro benzene ring substituents is 1. The number of halogens is 2. The average Bonchev–Trinajstić information content (AvgIpc) is 2.24. The number of hydrogen-bond acceptors (Lipinski definition) is 6. The minimum atomic E-state index is -4.60. The summed E-state index contributed by atoms with van der Waals surface area (Å²) in [6.45, 7) is 4.50. The molecule has 0 aliphatic heterocycles. The van der Waals surface area contributed by atoms with E-state index in [4.69, 9.17) is 15.4 Å². The fraction of sp³-hybridized carbons (Fsp3) is 0.364. The molecule has 0 saturated carbocycles. The van der Waals surface area contributed by atoms with Crippen LogP contribution in [-0.4, -0.2) is 24.9 Å². The number of rotatable bonds is 3. The molecule has 0 radical (unpaired) electrons. The summed E-state index contributed by atoms with van der Waals surface area (Å²) in [6.07, 6.45) is 0. The van der Waals surface area contributed by atoms with Gasteiger partial charge in [-0.1, -0.05) is 0 Å². The number of nitro groups is 1. The molecule has 0 saturated heterocycles. The van der Waals surface area contributed by atoms with Crippen LogP contribution in [0.4, 0.5) is 10.1 Å². The molecule has 1 aromatic carbocycles. The molecule has 0 aromatic heterocycles. The molecule has 0 heterocycles. The predicted molar refractivity (Wildman–Crippen MR) is 71.3 cm³/mol. The zero-order valence-corrected chi connectivity index (χ0v) is 12.8. The van der Waals surface area contributed by atoms with Crippen molar-refractivity contribution in [2.75, 3.05) is 0 Å². The van der Waals surface area contributed by atoms with E-state index in [2.05, 4.69) is 0 Å². The Morgan fingerprint density at radius 2 is 1.90 bits per heavy atom. The number of nitrogens with zero attached hydrogens (tertiary/aromatic N) is 1. The van der Waals surface area contributed by atoms with E-state index in [1.54, 1.807) is 0 Å². The SMILES string of the molecule is CC(C)(C)OC(=O)c1cc([N+](=O)[O-])cc(S(=O)(=O)Cl)c1F. The highest BCUT2D eigenvalue weighted by molar-refractivity contribution is 8.13. The van der Waals surface area contributed by atoms with E-state index in [9.17, 15) is 27.7 Å². The lowest BCUT2D eigenvalue weighted by Crippen LogP contribution is -2.25. The zero-order chi connectivity index (χ0) is 16.6. The second-order valence-corrected chi connectivity index (χ2v) is 7.54. The average molecular weight is 340 g/mol. The van der Waals surface area contributed by atoms with Crippen molar-refractivity contribution in [1.29, 1.82) is 0 Å². The highest BCUT2D eigenvalue weighted by Crippen LogP contribution is 2.28. The highest BCUT2D eigenvalue weighted by atomic mass is 35.7. The Hall–Kier alpha value is -1.74. The van der Waals surface area contributed by atoms with Crippen LogP contribution < -0.4 is 0 Å². The lowest BCUT2D eigenvalue weighted by atomic mass is 10.1. The van der Waals surface area contributed by atoms with Crippen LogP contribution in [0.25, 0.3) is 0 Å². The molecule has 21 heavy (non-hydrogen) atoms. The monoisotopic (exact) mass is 339 g/mol. The summed E-state index contributed by atoms with van der Waals surface area (Å²) in [6, 6.07) is 1.03. The van der Waals surface area contributed by atoms with E-state index in [1.165, 1.54) is 20.8 Å². The molecule has 1 rings (SSSR count). The van der Waals surface area contributed by atoms with Gasteiger partial charge in [-0.25, -0.2) is 17.6 Å². The topological polar surface area (TPSA) is 104 Å². The molecule has 0 aliphatic carbocycles. The molecular weight excluding hydrogens is 329 g/mol. The number of carbonyl (C=O) groups excluding carboxylic acids is 1. The first-order valence-electron chi connectivity index (χ1n) is 5.49. The number of non-ortho nitro benzene ring substituents is 1. The summed E-state index contributed by atoms with van der Waals surface area (Å²) in [7, 11) is 0.404. The number of carbonyl (C=O) groups is 1. The number of benzene rings is 1. The number of hydrogen-bond donors (Lipinski definition) is 0. The third-order valence-corrected chi connectivity index (χ3v) is 3.44. The van der Waals surface area contributed by atoms with Crippen molar-refractivity contribution in [3.8, 4) is 0 Å². The van der Waals surface area contributed by atoms with E-state index >= 15 is 0 Å². The summed E-state index contributed by atoms with van der Waals surface area (Å²) in [5.41, 5.74) is -2.66. The minimum Gasteiger partial charge on any atom is -0.456 e. The predicted octanol–water partition coefficient (Wildman–Crippen LogP) is 2.62. The maximum Gasteiger partial charge on any atom is 0.341 e. The molecule has 0 aliphatic rings. The van der Waals surface area contributed by atoms with Crippen molar-refractivity contribution in [3.63, 3.8) is 0 Å². The number of esters is 1. The van der Waals surface area contributed by atoms with Crippen molar-refractivity contribution in [1.82, 2.24) is 0 Å². The van der Waals surface area contributed by atoms with Crippen LogP contribution in [0.1, 0.15) is 31.1 Å². The smallest absolute Gasteiger partial charge is 0.341 e. The molecule has 0 bridgehead atoms. The van der Waals surface area contributed by atoms with Gasteiger partial charge in [-0.15, -0.1) is 0 Å². The van der Waals surface area contributed by atoms with Gasteiger partial charge in [0.25, 0.3) is 14.7 Å². The van der Waals surface area contributed by atoms with E-state index < -0.39 is 47.5 Å². The normalized spacial score (nSPS) is 12.0. The maximum absolute atomic E-state index is 14.1. The standard InChI is InChI=1S/C11H11ClFNO6S/c1-11(2,3)20-10(15)7-4-6(14(16)17)5-8(9(7)13)21(12,18)19/h4-5H,1-3H3. The molecule has 1 aromatic rings. The Labute approximate surface area is 124 Å². The van der Waals surface area contributed by atoms with E-state index in [1.807, 2.05) is 0 Å². The van der Waals surface area contributed by atoms with Crippen LogP contribution in [0.2, 0.25) is 0 Å². The summed E-state index contributed by atoms with van der Waals surface area (Å²) >= 11 is 0. The van der Waals surface area contributed by atoms with Crippen molar-refractivity contribution >= 4 is 31.4 Å². The third kappa shape index (κ3) is 4.36. The van der Waals surface area contributed by atoms with Gasteiger partial charge in [0, 0.05) is 22.8 Å². The summed E-state index contributed by atoms with van der Waals surface area (Å²) in [5.74, 6) is -2.73. The molecular formula is C11H11ClFNO6S. The van der Waals surface area contributed by atoms with Crippen molar-refractivity contribution in [2.45, 2.75) is 31.3 Å². The third-order valence-electron chi connectivity index (χ3n) is 2.12. The van der Waals surface area contributed by atoms with Gasteiger partial charge in [0.1, 0.15) is 16.1 Å². The molecule has 0 atom stereocenters. The van der Waals surface area contributed by atoms with Gasteiger partial charge < -0.3 is 4.74 Å².